The summed E-state index contributed by atoms with van der Waals surface area (Å²) in [5, 5.41) is 11.9. The van der Waals surface area contributed by atoms with E-state index in [-0.39, 0.29) is 19.1 Å². The van der Waals surface area contributed by atoms with Crippen LogP contribution in [0.2, 0.25) is 5.02 Å². The average Bonchev–Trinajstić information content (AvgIpc) is 3.34. The first-order valence-corrected chi connectivity index (χ1v) is 14.6. The zero-order valence-electron chi connectivity index (χ0n) is 22.4. The Hall–Kier alpha value is -2.77. The molecule has 0 aromatic heterocycles. The van der Waals surface area contributed by atoms with E-state index in [0.29, 0.717) is 28.9 Å². The van der Waals surface area contributed by atoms with Crippen LogP contribution in [0.15, 0.2) is 36.4 Å². The maximum Gasteiger partial charge on any atom is 0.319 e. The van der Waals surface area contributed by atoms with Gasteiger partial charge in [0.05, 0.1) is 33.1 Å². The van der Waals surface area contributed by atoms with Gasteiger partial charge < -0.3 is 24.8 Å². The SMILES string of the molecule is COc1cc(NC(=O)N[C@H]2CN(S(N)(=O)=O)C[C@@H]2N2CCC(Cc3ccc(Cl)cc3)CC2)cc(OC)c1OC. The molecule has 2 heterocycles. The minimum atomic E-state index is -3.91. The Morgan fingerprint density at radius 2 is 1.64 bits per heavy atom. The third-order valence-corrected chi connectivity index (χ3v) is 8.68. The van der Waals surface area contributed by atoms with Gasteiger partial charge in [-0.2, -0.15) is 12.7 Å². The summed E-state index contributed by atoms with van der Waals surface area (Å²) in [4.78, 5) is 15.3. The summed E-state index contributed by atoms with van der Waals surface area (Å²) in [5.74, 6) is 1.72. The number of anilines is 1. The summed E-state index contributed by atoms with van der Waals surface area (Å²) >= 11 is 6.01. The first-order valence-electron chi connectivity index (χ1n) is 12.7. The lowest BCUT2D eigenvalue weighted by Gasteiger charge is -2.38. The predicted octanol–water partition coefficient (Wildman–Crippen LogP) is 2.70. The van der Waals surface area contributed by atoms with Gasteiger partial charge in [0.25, 0.3) is 10.2 Å². The Morgan fingerprint density at radius 3 is 2.18 bits per heavy atom. The zero-order chi connectivity index (χ0) is 28.2. The summed E-state index contributed by atoms with van der Waals surface area (Å²) in [7, 11) is 0.575. The highest BCUT2D eigenvalue weighted by molar-refractivity contribution is 7.86. The van der Waals surface area contributed by atoms with Crippen molar-refractivity contribution in [3.8, 4) is 17.2 Å². The van der Waals surface area contributed by atoms with Gasteiger partial charge >= 0.3 is 6.03 Å². The van der Waals surface area contributed by atoms with Gasteiger partial charge in [-0.1, -0.05) is 23.7 Å². The van der Waals surface area contributed by atoms with Gasteiger partial charge in [0.1, 0.15) is 0 Å². The number of benzene rings is 2. The van der Waals surface area contributed by atoms with Crippen molar-refractivity contribution < 1.29 is 27.4 Å². The number of urea groups is 1. The molecule has 0 unspecified atom stereocenters. The molecule has 2 aliphatic heterocycles. The largest absolute Gasteiger partial charge is 0.493 e. The molecular weight excluding hydrogens is 546 g/mol. The van der Waals surface area contributed by atoms with Crippen molar-refractivity contribution in [2.45, 2.75) is 31.3 Å². The number of methoxy groups -OCH3 is 3. The highest BCUT2D eigenvalue weighted by Crippen LogP contribution is 2.40. The molecule has 2 aromatic carbocycles. The van der Waals surface area contributed by atoms with Crippen LogP contribution >= 0.6 is 11.6 Å². The van der Waals surface area contributed by atoms with Crippen LogP contribution in [0, 0.1) is 5.92 Å². The molecule has 2 atom stereocenters. The molecule has 2 saturated heterocycles. The van der Waals surface area contributed by atoms with Crippen molar-refractivity contribution in [3.05, 3.63) is 47.0 Å². The molecule has 214 valence electrons. The third kappa shape index (κ3) is 7.25. The van der Waals surface area contributed by atoms with Gasteiger partial charge in [-0.3, -0.25) is 4.90 Å². The van der Waals surface area contributed by atoms with E-state index < -0.39 is 22.3 Å². The van der Waals surface area contributed by atoms with E-state index in [1.807, 2.05) is 12.1 Å². The number of rotatable bonds is 9. The molecule has 2 aliphatic rings. The standard InChI is InChI=1S/C26H36ClN5O6S/c1-36-23-13-20(14-24(37-2)25(23)38-3)29-26(33)30-21-15-32(39(28,34)35)16-22(21)31-10-8-18(9-11-31)12-17-4-6-19(27)7-5-17/h4-7,13-14,18,21-22H,8-12,15-16H2,1-3H3,(H2,28,34,35)(H2,29,30,33)/t21-,22-/m0/s1. The Labute approximate surface area is 234 Å². The number of piperidine rings is 1. The number of ether oxygens (including phenoxy) is 3. The summed E-state index contributed by atoms with van der Waals surface area (Å²) in [6, 6.07) is 10.0. The smallest absolute Gasteiger partial charge is 0.319 e. The second-order valence-corrected chi connectivity index (χ2v) is 11.8. The van der Waals surface area contributed by atoms with Gasteiger partial charge in [-0.25, -0.2) is 9.93 Å². The molecule has 2 amide bonds. The van der Waals surface area contributed by atoms with E-state index in [1.165, 1.54) is 31.2 Å². The quantitative estimate of drug-likeness (QED) is 0.414. The van der Waals surface area contributed by atoms with Crippen molar-refractivity contribution in [1.29, 1.82) is 0 Å². The molecule has 0 saturated carbocycles. The topological polar surface area (TPSA) is 135 Å². The first kappa shape index (κ1) is 29.2. The van der Waals surface area contributed by atoms with E-state index in [9.17, 15) is 13.2 Å². The van der Waals surface area contributed by atoms with Crippen LogP contribution in [0.5, 0.6) is 17.2 Å². The molecule has 0 spiro atoms. The zero-order valence-corrected chi connectivity index (χ0v) is 23.9. The number of carbonyl (C=O) groups excluding carboxylic acids is 1. The number of halogens is 1. The maximum absolute atomic E-state index is 13.0. The number of hydrogen-bond acceptors (Lipinski definition) is 7. The molecule has 0 radical (unpaired) electrons. The van der Waals surface area contributed by atoms with E-state index in [1.54, 1.807) is 12.1 Å². The van der Waals surface area contributed by atoms with E-state index in [0.717, 1.165) is 37.4 Å². The highest BCUT2D eigenvalue weighted by atomic mass is 35.5. The summed E-state index contributed by atoms with van der Waals surface area (Å²) in [6.07, 6.45) is 2.91. The number of amides is 2. The van der Waals surface area contributed by atoms with Crippen LogP contribution < -0.4 is 30.0 Å². The fourth-order valence-electron chi connectivity index (χ4n) is 5.40. The monoisotopic (exact) mass is 581 g/mol. The van der Waals surface area contributed by atoms with Crippen LogP contribution in [0.4, 0.5) is 10.5 Å². The predicted molar refractivity (Wildman–Crippen MR) is 150 cm³/mol. The molecule has 2 aromatic rings. The number of likely N-dealkylation sites (tertiary alicyclic amines) is 1. The van der Waals surface area contributed by atoms with E-state index in [2.05, 4.69) is 27.7 Å². The van der Waals surface area contributed by atoms with Crippen molar-refractivity contribution in [2.24, 2.45) is 11.1 Å². The number of nitrogens with zero attached hydrogens (tertiary/aromatic N) is 2. The van der Waals surface area contributed by atoms with Crippen LogP contribution in [-0.2, 0) is 16.6 Å². The van der Waals surface area contributed by atoms with Gasteiger partial charge in [-0.05, 0) is 56.0 Å². The maximum atomic E-state index is 13.0. The number of nitrogens with one attached hydrogen (secondary N) is 2. The average molecular weight is 582 g/mol. The molecule has 11 nitrogen and oxygen atoms in total. The van der Waals surface area contributed by atoms with Crippen molar-refractivity contribution in [3.63, 3.8) is 0 Å². The Bertz CT molecular complexity index is 1230. The number of hydrogen-bond donors (Lipinski definition) is 3. The lowest BCUT2D eigenvalue weighted by molar-refractivity contribution is 0.125. The summed E-state index contributed by atoms with van der Waals surface area (Å²) < 4.78 is 41.6. The second-order valence-electron chi connectivity index (χ2n) is 9.86. The number of nitrogens with two attached hydrogens (primary N) is 1. The van der Waals surface area contributed by atoms with Crippen LogP contribution in [0.1, 0.15) is 18.4 Å². The van der Waals surface area contributed by atoms with Crippen molar-refractivity contribution >= 4 is 33.5 Å². The fraction of sp³-hybridized carbons (Fsp3) is 0.500. The van der Waals surface area contributed by atoms with E-state index in [4.69, 9.17) is 31.0 Å². The Morgan fingerprint density at radius 1 is 1.03 bits per heavy atom. The fourth-order valence-corrected chi connectivity index (χ4v) is 6.26. The lowest BCUT2D eigenvalue weighted by atomic mass is 9.89. The molecule has 39 heavy (non-hydrogen) atoms. The third-order valence-electron chi connectivity index (χ3n) is 7.41. The second kappa shape index (κ2) is 12.6. The Balaban J connectivity index is 1.42. The van der Waals surface area contributed by atoms with Crippen LogP contribution in [0.3, 0.4) is 0 Å². The van der Waals surface area contributed by atoms with E-state index >= 15 is 0 Å². The van der Waals surface area contributed by atoms with Crippen molar-refractivity contribution in [1.82, 2.24) is 14.5 Å². The minimum Gasteiger partial charge on any atom is -0.493 e. The van der Waals surface area contributed by atoms with Crippen LogP contribution in [0.25, 0.3) is 0 Å². The normalized spacial score (nSPS) is 20.9. The minimum absolute atomic E-state index is 0.0941. The molecule has 4 N–H and O–H groups in total. The lowest BCUT2D eigenvalue weighted by Crippen LogP contribution is -2.54. The van der Waals surface area contributed by atoms with Gasteiger partial charge in [0.15, 0.2) is 11.5 Å². The number of carbonyl (C=O) groups is 1. The molecule has 0 bridgehead atoms. The molecule has 2 fully saturated rings. The molecular formula is C26H36ClN5O6S. The Kier molecular flexibility index (Phi) is 9.44. The van der Waals surface area contributed by atoms with Gasteiger partial charge in [0, 0.05) is 36.3 Å². The molecule has 13 heteroatoms. The molecule has 4 rings (SSSR count). The summed E-state index contributed by atoms with van der Waals surface area (Å²) in [6.45, 7) is 1.91. The van der Waals surface area contributed by atoms with Gasteiger partial charge in [0.2, 0.25) is 5.75 Å². The first-order chi connectivity index (χ1) is 18.6. The highest BCUT2D eigenvalue weighted by Gasteiger charge is 2.42. The summed E-state index contributed by atoms with van der Waals surface area (Å²) in [5.41, 5.74) is 1.69. The van der Waals surface area contributed by atoms with Crippen molar-refractivity contribution in [2.75, 3.05) is 52.8 Å². The van der Waals surface area contributed by atoms with Crippen LogP contribution in [-0.4, -0.2) is 83.2 Å². The van der Waals surface area contributed by atoms with Gasteiger partial charge in [-0.15, -0.1) is 0 Å². The molecule has 0 aliphatic carbocycles.